The number of hydrogen-bond acceptors (Lipinski definition) is 3. The zero-order chi connectivity index (χ0) is 18.1. The number of alkyl halides is 1. The molecule has 1 rings (SSSR count). The molecule has 0 aliphatic carbocycles. The third-order valence-corrected chi connectivity index (χ3v) is 3.78. The van der Waals surface area contributed by atoms with Gasteiger partial charge >= 0.3 is 0 Å². The predicted molar refractivity (Wildman–Crippen MR) is 94.9 cm³/mol. The molecule has 0 unspecified atom stereocenters. The topological polar surface area (TPSA) is 75.3 Å². The van der Waals surface area contributed by atoms with Crippen LogP contribution in [0.4, 0.5) is 0 Å². The van der Waals surface area contributed by atoms with Crippen LogP contribution in [0.1, 0.15) is 32.8 Å². The minimum atomic E-state index is -0.708. The molecule has 0 radical (unpaired) electrons. The zero-order valence-corrected chi connectivity index (χ0v) is 15.1. The molecule has 1 aromatic carbocycles. The molecule has 0 spiro atoms. The van der Waals surface area contributed by atoms with Crippen molar-refractivity contribution < 1.29 is 14.4 Å². The van der Waals surface area contributed by atoms with Gasteiger partial charge in [-0.15, -0.1) is 11.6 Å². The molecule has 24 heavy (non-hydrogen) atoms. The number of amides is 2. The molecule has 5 nitrogen and oxygen atoms in total. The van der Waals surface area contributed by atoms with Gasteiger partial charge in [-0.1, -0.05) is 44.2 Å². The average molecular weight is 353 g/mol. The molecule has 2 atom stereocenters. The van der Waals surface area contributed by atoms with Crippen LogP contribution in [0.25, 0.3) is 0 Å². The highest BCUT2D eigenvalue weighted by molar-refractivity contribution is 6.28. The highest BCUT2D eigenvalue weighted by Crippen LogP contribution is 2.08. The SMILES string of the molecule is CC(=O)N[C@@H](CC(C)C)C(=O)N[C@@H](Cc1ccccc1)C(=O)CCl. The quantitative estimate of drug-likeness (QED) is 0.668. The van der Waals surface area contributed by atoms with Gasteiger partial charge in [-0.05, 0) is 24.3 Å². The third-order valence-electron chi connectivity index (χ3n) is 3.52. The van der Waals surface area contributed by atoms with Gasteiger partial charge in [0.05, 0.1) is 11.9 Å². The second-order valence-electron chi connectivity index (χ2n) is 6.23. The van der Waals surface area contributed by atoms with E-state index in [2.05, 4.69) is 10.6 Å². The van der Waals surface area contributed by atoms with Crippen molar-refractivity contribution in [3.05, 3.63) is 35.9 Å². The lowest BCUT2D eigenvalue weighted by atomic mass is 10.00. The van der Waals surface area contributed by atoms with E-state index in [1.807, 2.05) is 44.2 Å². The van der Waals surface area contributed by atoms with E-state index in [4.69, 9.17) is 11.6 Å². The third kappa shape index (κ3) is 7.13. The molecule has 1 aromatic rings. The van der Waals surface area contributed by atoms with Crippen LogP contribution in [0.2, 0.25) is 0 Å². The second-order valence-corrected chi connectivity index (χ2v) is 6.50. The first-order chi connectivity index (χ1) is 11.3. The van der Waals surface area contributed by atoms with Crippen molar-refractivity contribution >= 4 is 29.2 Å². The molecule has 6 heteroatoms. The molecule has 0 bridgehead atoms. The lowest BCUT2D eigenvalue weighted by Crippen LogP contribution is -2.52. The van der Waals surface area contributed by atoms with Gasteiger partial charge in [-0.2, -0.15) is 0 Å². The summed E-state index contributed by atoms with van der Waals surface area (Å²) in [5.41, 5.74) is 0.932. The van der Waals surface area contributed by atoms with Gasteiger partial charge in [0.2, 0.25) is 11.8 Å². The van der Waals surface area contributed by atoms with Crippen molar-refractivity contribution in [1.29, 1.82) is 0 Å². The Morgan fingerprint density at radius 2 is 1.67 bits per heavy atom. The number of carbonyl (C=O) groups is 3. The van der Waals surface area contributed by atoms with Crippen molar-refractivity contribution in [2.75, 3.05) is 5.88 Å². The summed E-state index contributed by atoms with van der Waals surface area (Å²) in [6.45, 7) is 5.30. The van der Waals surface area contributed by atoms with E-state index >= 15 is 0 Å². The Hall–Kier alpha value is -1.88. The molecule has 0 aromatic heterocycles. The molecule has 132 valence electrons. The maximum absolute atomic E-state index is 12.5. The van der Waals surface area contributed by atoms with Crippen LogP contribution in [0.3, 0.4) is 0 Å². The molecular formula is C18H25ClN2O3. The standard InChI is InChI=1S/C18H25ClN2O3/c1-12(2)9-16(20-13(3)22)18(24)21-15(17(23)11-19)10-14-7-5-4-6-8-14/h4-8,12,15-16H,9-11H2,1-3H3,(H,20,22)(H,21,24)/t15-,16-/m0/s1. The fourth-order valence-corrected chi connectivity index (χ4v) is 2.60. The maximum Gasteiger partial charge on any atom is 0.243 e. The van der Waals surface area contributed by atoms with Gasteiger partial charge < -0.3 is 10.6 Å². The van der Waals surface area contributed by atoms with Crippen LogP contribution in [0.15, 0.2) is 30.3 Å². The normalized spacial score (nSPS) is 13.2. The van der Waals surface area contributed by atoms with Crippen molar-refractivity contribution in [2.45, 2.75) is 45.7 Å². The van der Waals surface area contributed by atoms with Crippen molar-refractivity contribution in [3.8, 4) is 0 Å². The van der Waals surface area contributed by atoms with Crippen molar-refractivity contribution in [3.63, 3.8) is 0 Å². The first-order valence-electron chi connectivity index (χ1n) is 8.03. The van der Waals surface area contributed by atoms with Crippen molar-refractivity contribution in [1.82, 2.24) is 10.6 Å². The molecule has 2 amide bonds. The zero-order valence-electron chi connectivity index (χ0n) is 14.3. The van der Waals surface area contributed by atoms with Gasteiger partial charge in [0.15, 0.2) is 5.78 Å². The molecule has 0 fully saturated rings. The lowest BCUT2D eigenvalue weighted by Gasteiger charge is -2.23. The Balaban J connectivity index is 2.84. The van der Waals surface area contributed by atoms with E-state index in [0.717, 1.165) is 5.56 Å². The van der Waals surface area contributed by atoms with Gasteiger partial charge in [0, 0.05) is 6.92 Å². The Morgan fingerprint density at radius 3 is 2.17 bits per heavy atom. The number of Topliss-reactive ketones (excluding diaryl/α,β-unsaturated/α-hetero) is 1. The van der Waals surface area contributed by atoms with Gasteiger partial charge in [-0.3, -0.25) is 14.4 Å². The Bertz CT molecular complexity index is 561. The fourth-order valence-electron chi connectivity index (χ4n) is 2.41. The number of halogens is 1. The van der Waals surface area contributed by atoms with Crippen LogP contribution in [0.5, 0.6) is 0 Å². The summed E-state index contributed by atoms with van der Waals surface area (Å²) in [7, 11) is 0. The average Bonchev–Trinajstić information content (AvgIpc) is 2.52. The first kappa shape index (κ1) is 20.2. The molecule has 2 N–H and O–H groups in total. The highest BCUT2D eigenvalue weighted by atomic mass is 35.5. The molecule has 0 aliphatic heterocycles. The summed E-state index contributed by atoms with van der Waals surface area (Å²) < 4.78 is 0. The van der Waals surface area contributed by atoms with Crippen molar-refractivity contribution in [2.24, 2.45) is 5.92 Å². The number of benzene rings is 1. The number of ketones is 1. The van der Waals surface area contributed by atoms with Crippen LogP contribution in [-0.2, 0) is 20.8 Å². The van der Waals surface area contributed by atoms with Gasteiger partial charge in [0.1, 0.15) is 6.04 Å². The van der Waals surface area contributed by atoms with E-state index in [9.17, 15) is 14.4 Å². The smallest absolute Gasteiger partial charge is 0.243 e. The number of nitrogens with one attached hydrogen (secondary N) is 2. The molecular weight excluding hydrogens is 328 g/mol. The maximum atomic E-state index is 12.5. The summed E-state index contributed by atoms with van der Waals surface area (Å²) in [5.74, 6) is -0.839. The number of hydrogen-bond donors (Lipinski definition) is 2. The number of rotatable bonds is 9. The predicted octanol–water partition coefficient (Wildman–Crippen LogP) is 2.07. The van der Waals surface area contributed by atoms with E-state index < -0.39 is 12.1 Å². The summed E-state index contributed by atoms with van der Waals surface area (Å²) in [6, 6.07) is 8.04. The van der Waals surface area contributed by atoms with E-state index in [-0.39, 0.29) is 29.4 Å². The largest absolute Gasteiger partial charge is 0.345 e. The summed E-state index contributed by atoms with van der Waals surface area (Å²) in [4.78, 5) is 35.9. The van der Waals surface area contributed by atoms with Crippen LogP contribution in [0, 0.1) is 5.92 Å². The summed E-state index contributed by atoms with van der Waals surface area (Å²) in [5, 5.41) is 5.38. The van der Waals surface area contributed by atoms with Gasteiger partial charge in [-0.25, -0.2) is 0 Å². The monoisotopic (exact) mass is 352 g/mol. The molecule has 0 saturated heterocycles. The fraction of sp³-hybridized carbons (Fsp3) is 0.500. The van der Waals surface area contributed by atoms with E-state index in [1.54, 1.807) is 0 Å². The second kappa shape index (κ2) is 10.1. The molecule has 0 aliphatic rings. The van der Waals surface area contributed by atoms with Gasteiger partial charge in [0.25, 0.3) is 0 Å². The minimum Gasteiger partial charge on any atom is -0.345 e. The van der Waals surface area contributed by atoms with Crippen LogP contribution in [-0.4, -0.2) is 35.6 Å². The molecule has 0 saturated carbocycles. The van der Waals surface area contributed by atoms with E-state index in [0.29, 0.717) is 12.8 Å². The minimum absolute atomic E-state index is 0.174. The number of carbonyl (C=O) groups excluding carboxylic acids is 3. The Morgan fingerprint density at radius 1 is 1.04 bits per heavy atom. The Kier molecular flexibility index (Phi) is 8.47. The lowest BCUT2D eigenvalue weighted by molar-refractivity contribution is -0.130. The first-order valence-corrected chi connectivity index (χ1v) is 8.57. The van der Waals surface area contributed by atoms with Crippen LogP contribution >= 0.6 is 11.6 Å². The summed E-state index contributed by atoms with van der Waals surface area (Å²) >= 11 is 5.67. The molecule has 0 heterocycles. The van der Waals surface area contributed by atoms with Crippen LogP contribution < -0.4 is 10.6 Å². The van der Waals surface area contributed by atoms with E-state index in [1.165, 1.54) is 6.92 Å². The summed E-state index contributed by atoms with van der Waals surface area (Å²) in [6.07, 6.45) is 0.866. The Labute approximate surface area is 148 Å². The highest BCUT2D eigenvalue weighted by Gasteiger charge is 2.26.